The molecular weight excluding hydrogens is 558 g/mol. The van der Waals surface area contributed by atoms with E-state index in [-0.39, 0.29) is 39.6 Å². The minimum Gasteiger partial charge on any atom is -0.477 e. The van der Waals surface area contributed by atoms with Crippen molar-refractivity contribution in [2.75, 3.05) is 17.2 Å². The van der Waals surface area contributed by atoms with E-state index < -0.39 is 40.9 Å². The number of Topliss-reactive ketones (excluding diaryl/α,β-unsaturated/α-hetero) is 1. The predicted molar refractivity (Wildman–Crippen MR) is 135 cm³/mol. The molecule has 6 N–H and O–H groups in total. The molecule has 0 bridgehead atoms. The van der Waals surface area contributed by atoms with Crippen LogP contribution in [0.5, 0.6) is 0 Å². The number of primary amides is 1. The maximum absolute atomic E-state index is 12.9. The minimum absolute atomic E-state index is 0.122. The van der Waals surface area contributed by atoms with E-state index in [9.17, 15) is 29.1 Å². The van der Waals surface area contributed by atoms with Gasteiger partial charge in [-0.1, -0.05) is 0 Å². The molecule has 3 aromatic heterocycles. The van der Waals surface area contributed by atoms with Gasteiger partial charge in [-0.05, 0) is 18.6 Å². The Balaban J connectivity index is 1.34. The van der Waals surface area contributed by atoms with Crippen LogP contribution in [0.2, 0.25) is 0 Å². The number of hydrogen-bond acceptors (Lipinski definition) is 13. The zero-order valence-corrected chi connectivity index (χ0v) is 21.7. The summed E-state index contributed by atoms with van der Waals surface area (Å²) in [7, 11) is 0. The van der Waals surface area contributed by atoms with Crippen molar-refractivity contribution in [3.8, 4) is 0 Å². The van der Waals surface area contributed by atoms with E-state index in [4.69, 9.17) is 11.5 Å². The molecule has 3 aromatic rings. The van der Waals surface area contributed by atoms with E-state index in [1.165, 1.54) is 33.4 Å². The largest absolute Gasteiger partial charge is 0.477 e. The maximum Gasteiger partial charge on any atom is 0.352 e. The Morgan fingerprint density at radius 3 is 2.68 bits per heavy atom. The number of carbonyl (C=O) groups excluding carboxylic acids is 4. The number of aliphatic carboxylic acids is 1. The van der Waals surface area contributed by atoms with Crippen molar-refractivity contribution in [2.24, 2.45) is 5.73 Å². The Hall–Kier alpha value is -4.03. The van der Waals surface area contributed by atoms with Gasteiger partial charge in [0.1, 0.15) is 27.8 Å². The summed E-state index contributed by atoms with van der Waals surface area (Å²) in [4.78, 5) is 74.3. The second kappa shape index (κ2) is 9.69. The van der Waals surface area contributed by atoms with Crippen LogP contribution in [0.4, 0.5) is 5.13 Å². The molecule has 1 saturated heterocycles. The number of thioether (sulfide) groups is 2. The molecule has 0 unspecified atom stereocenters. The summed E-state index contributed by atoms with van der Waals surface area (Å²) in [6.45, 7) is 1.73. The van der Waals surface area contributed by atoms with E-state index in [0.29, 0.717) is 16.3 Å². The number of rotatable bonds is 8. The number of nitrogens with two attached hydrogens (primary N) is 2. The van der Waals surface area contributed by atoms with Crippen LogP contribution in [-0.4, -0.2) is 87.0 Å². The van der Waals surface area contributed by atoms with Gasteiger partial charge in [-0.3, -0.25) is 24.1 Å². The third kappa shape index (κ3) is 4.45. The van der Waals surface area contributed by atoms with Gasteiger partial charge in [0.15, 0.2) is 5.13 Å². The number of carboxylic acids is 1. The molecule has 2 aliphatic rings. The van der Waals surface area contributed by atoms with Crippen molar-refractivity contribution >= 4 is 75.2 Å². The summed E-state index contributed by atoms with van der Waals surface area (Å²) in [6.07, 6.45) is 0. The third-order valence-corrected chi connectivity index (χ3v) is 8.61. The van der Waals surface area contributed by atoms with Crippen molar-refractivity contribution in [1.29, 1.82) is 0 Å². The van der Waals surface area contributed by atoms with Crippen LogP contribution in [0.1, 0.15) is 26.8 Å². The molecule has 15 nitrogen and oxygen atoms in total. The Morgan fingerprint density at radius 2 is 2.03 bits per heavy atom. The lowest BCUT2D eigenvalue weighted by Crippen LogP contribution is -2.71. The summed E-state index contributed by atoms with van der Waals surface area (Å²) in [6, 6.07) is 0.630. The van der Waals surface area contributed by atoms with Gasteiger partial charge in [0.2, 0.25) is 5.82 Å². The highest BCUT2D eigenvalue weighted by Gasteiger charge is 2.54. The summed E-state index contributed by atoms with van der Waals surface area (Å²) < 4.78 is 1.34. The number of aromatic nitrogens is 5. The van der Waals surface area contributed by atoms with Crippen molar-refractivity contribution in [3.63, 3.8) is 0 Å². The van der Waals surface area contributed by atoms with Crippen molar-refractivity contribution in [1.82, 2.24) is 34.8 Å². The number of anilines is 1. The third-order valence-electron chi connectivity index (χ3n) is 5.52. The minimum atomic E-state index is -1.30. The fraction of sp³-hybridized carbons (Fsp3) is 0.250. The van der Waals surface area contributed by atoms with Crippen molar-refractivity contribution in [3.05, 3.63) is 39.9 Å². The highest BCUT2D eigenvalue weighted by Crippen LogP contribution is 2.41. The van der Waals surface area contributed by atoms with Crippen molar-refractivity contribution in [2.45, 2.75) is 23.4 Å². The number of carboxylic acid groups (broad SMARTS) is 1. The Morgan fingerprint density at radius 1 is 1.26 bits per heavy atom. The van der Waals surface area contributed by atoms with Crippen LogP contribution < -0.4 is 16.8 Å². The Bertz CT molecular complexity index is 1580. The number of hydrogen-bond donors (Lipinski definition) is 4. The first kappa shape index (κ1) is 25.6. The summed E-state index contributed by atoms with van der Waals surface area (Å²) in [5.41, 5.74) is 11.5. The lowest BCUT2D eigenvalue weighted by Gasteiger charge is -2.49. The Labute approximate surface area is 225 Å². The molecule has 0 spiro atoms. The lowest BCUT2D eigenvalue weighted by atomic mass is 10.0. The zero-order valence-electron chi connectivity index (χ0n) is 19.3. The van der Waals surface area contributed by atoms with E-state index in [1.807, 2.05) is 0 Å². The highest BCUT2D eigenvalue weighted by atomic mass is 32.2. The van der Waals surface area contributed by atoms with Gasteiger partial charge >= 0.3 is 5.97 Å². The van der Waals surface area contributed by atoms with Gasteiger partial charge in [-0.2, -0.15) is 9.50 Å². The van der Waals surface area contributed by atoms with Gasteiger partial charge in [0.25, 0.3) is 29.3 Å². The molecule has 38 heavy (non-hydrogen) atoms. The number of nitrogen functional groups attached to an aromatic ring is 1. The van der Waals surface area contributed by atoms with Gasteiger partial charge in [0, 0.05) is 22.6 Å². The first-order valence-corrected chi connectivity index (χ1v) is 13.6. The van der Waals surface area contributed by atoms with Gasteiger partial charge in [-0.25, -0.2) is 14.8 Å². The quantitative estimate of drug-likeness (QED) is 0.0856. The molecule has 1 fully saturated rings. The van der Waals surface area contributed by atoms with E-state index in [2.05, 4.69) is 25.4 Å². The standard InChI is InChI=1S/C20H17N9O6S3/c1-6-2-9(29-20(23-6)26-14(27-29)13(21)31)36-3-7-4-37-17-10(16(33)28(17)11(7)18(34)35)25-15(32)12(30)8-5-38-19(22)24-8/h2,5,10,17H,3-4H2,1H3,(H2,21,31)(H2,22,24)(H,25,32)(H,34,35)/t10-,17-/m1/s1. The van der Waals surface area contributed by atoms with E-state index >= 15 is 0 Å². The number of fused-ring (bicyclic) bond motifs is 2. The van der Waals surface area contributed by atoms with Crippen LogP contribution >= 0.6 is 34.9 Å². The molecule has 3 amide bonds. The summed E-state index contributed by atoms with van der Waals surface area (Å²) in [5, 5.41) is 17.7. The fourth-order valence-corrected chi connectivity index (χ4v) is 6.91. The number of amides is 3. The van der Waals surface area contributed by atoms with Crippen molar-refractivity contribution < 1.29 is 29.1 Å². The number of nitrogens with zero attached hydrogens (tertiary/aromatic N) is 6. The zero-order chi connectivity index (χ0) is 27.3. The van der Waals surface area contributed by atoms with Gasteiger partial charge in [-0.15, -0.1) is 40.0 Å². The molecular formula is C20H17N9O6S3. The average molecular weight is 576 g/mol. The van der Waals surface area contributed by atoms with E-state index in [1.54, 1.807) is 13.0 Å². The number of nitrogens with one attached hydrogen (secondary N) is 1. The number of aryl methyl sites for hydroxylation is 1. The van der Waals surface area contributed by atoms with Crippen LogP contribution in [0.15, 0.2) is 27.7 Å². The van der Waals surface area contributed by atoms with Gasteiger partial charge < -0.3 is 21.9 Å². The summed E-state index contributed by atoms with van der Waals surface area (Å²) >= 11 is 3.48. The molecule has 2 aliphatic heterocycles. The van der Waals surface area contributed by atoms with Crippen LogP contribution in [0.25, 0.3) is 5.78 Å². The number of carbonyl (C=O) groups is 5. The SMILES string of the molecule is Cc1cc(SCC2=C(C(=O)O)N3C(=O)[C@@H](NC(=O)C(=O)c4csc(N)n4)[C@H]3SC2)n2nc(C(N)=O)nc2n1. The topological polar surface area (TPSA) is 229 Å². The molecule has 0 aliphatic carbocycles. The second-order valence-electron chi connectivity index (χ2n) is 8.05. The first-order chi connectivity index (χ1) is 18.0. The monoisotopic (exact) mass is 575 g/mol. The molecule has 2 atom stereocenters. The van der Waals surface area contributed by atoms with Crippen LogP contribution in [0, 0.1) is 6.92 Å². The smallest absolute Gasteiger partial charge is 0.352 e. The molecule has 0 radical (unpaired) electrons. The van der Waals surface area contributed by atoms with Gasteiger partial charge in [0.05, 0.1) is 0 Å². The lowest BCUT2D eigenvalue weighted by molar-refractivity contribution is -0.150. The van der Waals surface area contributed by atoms with Crippen LogP contribution in [0.3, 0.4) is 0 Å². The summed E-state index contributed by atoms with van der Waals surface area (Å²) in [5.74, 6) is -4.35. The van der Waals surface area contributed by atoms with Crippen LogP contribution in [-0.2, 0) is 14.4 Å². The first-order valence-electron chi connectivity index (χ1n) is 10.7. The predicted octanol–water partition coefficient (Wildman–Crippen LogP) is -0.716. The maximum atomic E-state index is 12.9. The molecule has 18 heteroatoms. The molecule has 5 rings (SSSR count). The number of β-lactam (4-membered cyclic amide) rings is 1. The number of ketones is 1. The van der Waals surface area contributed by atoms with E-state index in [0.717, 1.165) is 16.2 Å². The highest BCUT2D eigenvalue weighted by molar-refractivity contribution is 8.01. The molecule has 196 valence electrons. The number of thiazole rings is 1. The fourth-order valence-electron chi connectivity index (χ4n) is 3.83. The normalized spacial score (nSPS) is 18.8. The average Bonchev–Trinajstić information content (AvgIpc) is 3.50. The Kier molecular flexibility index (Phi) is 6.53. The second-order valence-corrected chi connectivity index (χ2v) is 11.0. The molecule has 0 aromatic carbocycles. The molecule has 5 heterocycles. The molecule has 0 saturated carbocycles.